The molecule has 5 heterocycles. The number of aromatic amines is 3. The topological polar surface area (TPSA) is 129 Å². The number of hydrogen-bond donors (Lipinski definition) is 4. The van der Waals surface area contributed by atoms with Gasteiger partial charge in [0.05, 0.1) is 19.4 Å². The van der Waals surface area contributed by atoms with Crippen LogP contribution in [0.3, 0.4) is 0 Å². The molecule has 4 N–H and O–H groups in total. The molecule has 2 aliphatic heterocycles. The second-order valence-electron chi connectivity index (χ2n) is 20.4. The Hall–Kier alpha value is -4.79. The third kappa shape index (κ3) is 9.89. The summed E-state index contributed by atoms with van der Waals surface area (Å²) in [6.45, 7) is 24.6. The molecule has 2 fully saturated rings. The van der Waals surface area contributed by atoms with Gasteiger partial charge >= 0.3 is 11.9 Å². The number of ether oxygens (including phenoxy) is 2. The molecule has 8 bridgehead atoms. The number of Topliss-reactive ketones (excluding diaryl/α,β-unsaturated/α-hetero) is 1. The zero-order valence-electron chi connectivity index (χ0n) is 40.6. The molecule has 0 aromatic carbocycles. The highest BCUT2D eigenvalue weighted by Gasteiger charge is 2.48. The van der Waals surface area contributed by atoms with Crippen LogP contribution in [0.25, 0.3) is 29.9 Å². The summed E-state index contributed by atoms with van der Waals surface area (Å²) in [6, 6.07) is 0. The molecule has 0 spiro atoms. The molecule has 9 heteroatoms. The molecule has 7 rings (SSSR count). The maximum absolute atomic E-state index is 14.4. The number of ketones is 1. The van der Waals surface area contributed by atoms with Crippen molar-refractivity contribution in [1.82, 2.24) is 20.3 Å². The monoisotopic (exact) mass is 873 g/mol. The number of carbonyl (C=O) groups excluding carboxylic acids is 3. The number of hydrogen-bond acceptors (Lipinski definition) is 6. The Kier molecular flexibility index (Phi) is 14.9. The Balaban J connectivity index is 1.07. The first kappa shape index (κ1) is 47.2. The van der Waals surface area contributed by atoms with E-state index in [0.717, 1.165) is 92.0 Å². The number of nitrogens with one attached hydrogen (secondary N) is 4. The summed E-state index contributed by atoms with van der Waals surface area (Å²) in [6.07, 6.45) is 22.8. The third-order valence-electron chi connectivity index (χ3n) is 15.4. The normalized spacial score (nSPS) is 24.9. The van der Waals surface area contributed by atoms with Crippen molar-refractivity contribution in [2.45, 2.75) is 146 Å². The maximum atomic E-state index is 14.4. The second kappa shape index (κ2) is 20.2. The van der Waals surface area contributed by atoms with Crippen molar-refractivity contribution >= 4 is 47.6 Å². The predicted octanol–water partition coefficient (Wildman–Crippen LogP) is 10.8. The van der Waals surface area contributed by atoms with Gasteiger partial charge in [-0.2, -0.15) is 0 Å². The Morgan fingerprint density at radius 2 is 1.50 bits per heavy atom. The molecule has 3 aromatic rings. The van der Waals surface area contributed by atoms with E-state index < -0.39 is 11.9 Å². The molecule has 2 aliphatic carbocycles. The van der Waals surface area contributed by atoms with Crippen molar-refractivity contribution in [3.8, 4) is 0 Å². The first-order valence-electron chi connectivity index (χ1n) is 24.6. The van der Waals surface area contributed by atoms with Crippen LogP contribution in [0.1, 0.15) is 180 Å². The Morgan fingerprint density at radius 1 is 0.828 bits per heavy atom. The lowest BCUT2D eigenvalue weighted by Crippen LogP contribution is -2.25. The first-order valence-corrected chi connectivity index (χ1v) is 24.6. The fraction of sp³-hybridized carbons (Fsp3) is 0.582. The van der Waals surface area contributed by atoms with E-state index in [1.54, 1.807) is 0 Å². The van der Waals surface area contributed by atoms with Gasteiger partial charge in [-0.3, -0.25) is 14.4 Å². The van der Waals surface area contributed by atoms with Crippen LogP contribution in [0.15, 0.2) is 18.0 Å². The minimum atomic E-state index is -1.13. The zero-order valence-corrected chi connectivity index (χ0v) is 40.6. The van der Waals surface area contributed by atoms with Gasteiger partial charge in [-0.05, 0) is 110 Å². The molecule has 2 unspecified atom stereocenters. The predicted molar refractivity (Wildman–Crippen MR) is 259 cm³/mol. The van der Waals surface area contributed by atoms with Gasteiger partial charge in [0.15, 0.2) is 5.78 Å². The molecule has 1 saturated heterocycles. The van der Waals surface area contributed by atoms with Gasteiger partial charge in [0.2, 0.25) is 0 Å². The van der Waals surface area contributed by atoms with Crippen LogP contribution >= 0.6 is 0 Å². The molecule has 346 valence electrons. The Labute approximate surface area is 382 Å². The highest BCUT2D eigenvalue weighted by Crippen LogP contribution is 2.49. The summed E-state index contributed by atoms with van der Waals surface area (Å²) >= 11 is 0. The van der Waals surface area contributed by atoms with E-state index in [9.17, 15) is 14.4 Å². The Morgan fingerprint density at radius 3 is 2.17 bits per heavy atom. The molecule has 3 aromatic heterocycles. The van der Waals surface area contributed by atoms with Crippen LogP contribution in [-0.4, -0.2) is 46.4 Å². The van der Waals surface area contributed by atoms with Crippen LogP contribution in [-0.2, 0) is 25.5 Å². The second-order valence-corrected chi connectivity index (χ2v) is 20.4. The van der Waals surface area contributed by atoms with Gasteiger partial charge in [-0.15, -0.1) is 0 Å². The van der Waals surface area contributed by atoms with Gasteiger partial charge in [0, 0.05) is 74.1 Å². The lowest BCUT2D eigenvalue weighted by molar-refractivity contribution is -0.144. The van der Waals surface area contributed by atoms with Crippen molar-refractivity contribution in [3.63, 3.8) is 0 Å². The van der Waals surface area contributed by atoms with Crippen LogP contribution in [0, 0.1) is 68.1 Å². The highest BCUT2D eigenvalue weighted by molar-refractivity contribution is 6.24. The van der Waals surface area contributed by atoms with Gasteiger partial charge in [-0.25, -0.2) is 0 Å². The molecule has 0 amide bonds. The quantitative estimate of drug-likeness (QED) is 0.0661. The van der Waals surface area contributed by atoms with E-state index in [1.165, 1.54) is 70.5 Å². The average Bonchev–Trinajstić information content (AvgIpc) is 3.39. The van der Waals surface area contributed by atoms with Crippen molar-refractivity contribution in [2.24, 2.45) is 47.3 Å². The van der Waals surface area contributed by atoms with Crippen molar-refractivity contribution in [2.75, 3.05) is 13.7 Å². The molecule has 4 aliphatic rings. The van der Waals surface area contributed by atoms with Crippen LogP contribution < -0.4 is 16.0 Å². The van der Waals surface area contributed by atoms with Gasteiger partial charge in [-0.1, -0.05) is 112 Å². The molecule has 64 heavy (non-hydrogen) atoms. The summed E-state index contributed by atoms with van der Waals surface area (Å²) in [5, 5.41) is 5.69. The van der Waals surface area contributed by atoms with Gasteiger partial charge in [0.25, 0.3) is 0 Å². The van der Waals surface area contributed by atoms with E-state index in [2.05, 4.69) is 100 Å². The lowest BCUT2D eigenvalue weighted by atomic mass is 9.85. The number of fused-ring (bicyclic) bond motifs is 7. The number of rotatable bonds is 20. The summed E-state index contributed by atoms with van der Waals surface area (Å²) in [5.41, 5.74) is 11.4. The number of methoxy groups -OCH3 is 1. The molecule has 7 atom stereocenters. The standard InChI is InChI=1S/C55H76N4O5/c1-12-39-33(7)42-26-44-35(9)41(23-24-48(60)64-29-38-25-37(38)22-16-21-32(6)20-15-19-31(5)18-14-17-30(3)4)52(58-44)50-51(55(62)63-11)54(61)49-36(10)45(59-53(49)50)28-47-40(13-2)34(8)43(57-47)27-46(39)56-42/h12,26-28,30-32,35,37-38,41,51,56-59H,1,13-25,29H2,2-11H3/b43-27-,44-26-,47-28-,52-50-/t31-,32-,35+,37?,38?,41+,51-/m1/s1. The van der Waals surface area contributed by atoms with Gasteiger partial charge in [0.1, 0.15) is 5.92 Å². The van der Waals surface area contributed by atoms with Gasteiger partial charge < -0.3 is 29.7 Å². The smallest absolute Gasteiger partial charge is 0.321 e. The van der Waals surface area contributed by atoms with Crippen molar-refractivity contribution in [1.29, 1.82) is 0 Å². The van der Waals surface area contributed by atoms with Crippen molar-refractivity contribution in [3.05, 3.63) is 84.8 Å². The van der Waals surface area contributed by atoms with E-state index >= 15 is 0 Å². The van der Waals surface area contributed by atoms with E-state index in [0.29, 0.717) is 41.7 Å². The van der Waals surface area contributed by atoms with E-state index in [1.807, 2.05) is 13.0 Å². The summed E-state index contributed by atoms with van der Waals surface area (Å²) in [5.74, 6) is 1.05. The van der Waals surface area contributed by atoms with Crippen LogP contribution in [0.2, 0.25) is 0 Å². The largest absolute Gasteiger partial charge is 0.468 e. The molecular formula is C55H76N4O5. The zero-order chi connectivity index (χ0) is 46.0. The molecular weight excluding hydrogens is 797 g/mol. The number of carbonyl (C=O) groups is 3. The molecule has 1 saturated carbocycles. The van der Waals surface area contributed by atoms with Crippen molar-refractivity contribution < 1.29 is 23.9 Å². The van der Waals surface area contributed by atoms with Crippen LogP contribution in [0.4, 0.5) is 0 Å². The lowest BCUT2D eigenvalue weighted by Gasteiger charge is -2.19. The maximum Gasteiger partial charge on any atom is 0.321 e. The first-order chi connectivity index (χ1) is 30.6. The molecule has 0 radical (unpaired) electrons. The highest BCUT2D eigenvalue weighted by atomic mass is 16.5. The fourth-order valence-corrected chi connectivity index (χ4v) is 11.1. The fourth-order valence-electron chi connectivity index (χ4n) is 11.1. The SMILES string of the molecule is C=Cc1c2[nH]c(c1C)/C=C1\N/C(=C3\c4[nH]c(c(C)c4C(=O)[C@@H]3C(=O)OC)/C=c3\[nH]/c(c(C)c3CC)=C\2)[C@@H](CCC(=O)OCC2CC2CCC[C@H](C)CCC[C@H](C)CCCC(C)C)[C@@H]1C. The summed E-state index contributed by atoms with van der Waals surface area (Å²) < 4.78 is 11.3. The summed E-state index contributed by atoms with van der Waals surface area (Å²) in [4.78, 5) is 52.5. The number of H-pyrrole nitrogens is 3. The van der Waals surface area contributed by atoms with E-state index in [-0.39, 0.29) is 30.0 Å². The minimum absolute atomic E-state index is 0.0685. The number of allylic oxidation sites excluding steroid dienone is 2. The number of esters is 2. The minimum Gasteiger partial charge on any atom is -0.468 e. The molecule has 9 nitrogen and oxygen atoms in total. The third-order valence-corrected chi connectivity index (χ3v) is 15.4. The summed E-state index contributed by atoms with van der Waals surface area (Å²) in [7, 11) is 1.33. The van der Waals surface area contributed by atoms with Crippen LogP contribution in [0.5, 0.6) is 0 Å². The van der Waals surface area contributed by atoms with E-state index in [4.69, 9.17) is 9.47 Å². The number of aromatic nitrogens is 3. The Bertz CT molecular complexity index is 2430. The average molecular weight is 873 g/mol.